The van der Waals surface area contributed by atoms with Crippen molar-refractivity contribution in [2.75, 3.05) is 19.8 Å². The minimum atomic E-state index is -3.54. The van der Waals surface area contributed by atoms with Crippen molar-refractivity contribution >= 4 is 13.7 Å². The van der Waals surface area contributed by atoms with Gasteiger partial charge in [0, 0.05) is 19.6 Å². The van der Waals surface area contributed by atoms with Crippen LogP contribution >= 0.6 is 7.60 Å². The van der Waals surface area contributed by atoms with Gasteiger partial charge in [-0.05, 0) is 117 Å². The summed E-state index contributed by atoms with van der Waals surface area (Å²) >= 11 is 0. The number of carbonyl (C=O) groups excluding carboxylic acids is 1. The van der Waals surface area contributed by atoms with E-state index in [2.05, 4.69) is 58.2 Å². The summed E-state index contributed by atoms with van der Waals surface area (Å²) < 4.78 is 21.8. The smallest absolute Gasteiger partial charge is 0.407 e. The van der Waals surface area contributed by atoms with Crippen molar-refractivity contribution in [3.8, 4) is 0 Å². The van der Waals surface area contributed by atoms with E-state index >= 15 is 0 Å². The fourth-order valence-corrected chi connectivity index (χ4v) is 10.1. The fourth-order valence-electron chi connectivity index (χ4n) is 9.70. The zero-order chi connectivity index (χ0) is 31.4. The zero-order valence-electron chi connectivity index (χ0n) is 27.7. The molecule has 0 saturated heterocycles. The number of alkyl carbamates (subject to hydrolysis) is 1. The maximum Gasteiger partial charge on any atom is 0.407 e. The van der Waals surface area contributed by atoms with E-state index in [1.807, 2.05) is 0 Å². The van der Waals surface area contributed by atoms with Crippen LogP contribution in [0.3, 0.4) is 0 Å². The molecule has 4 aliphatic carbocycles. The number of fused-ring (bicyclic) bond motifs is 5. The Labute approximate surface area is 261 Å². The molecule has 0 spiro atoms. The molecule has 0 bridgehead atoms. The highest BCUT2D eigenvalue weighted by molar-refractivity contribution is 7.51. The molecule has 7 nitrogen and oxygen atoms in total. The number of amides is 1. The molecule has 0 aromatic carbocycles. The van der Waals surface area contributed by atoms with Crippen LogP contribution in [0.4, 0.5) is 4.79 Å². The summed E-state index contributed by atoms with van der Waals surface area (Å²) in [6.45, 7) is 13.6. The molecule has 3 N–H and O–H groups in total. The molecule has 10 atom stereocenters. The molecule has 246 valence electrons. The van der Waals surface area contributed by atoms with Crippen LogP contribution in [0.25, 0.3) is 0 Å². The van der Waals surface area contributed by atoms with Crippen molar-refractivity contribution in [1.82, 2.24) is 5.32 Å². The van der Waals surface area contributed by atoms with Crippen LogP contribution in [0, 0.1) is 46.3 Å². The Kier molecular flexibility index (Phi) is 11.7. The molecule has 1 amide bonds. The van der Waals surface area contributed by atoms with E-state index < -0.39 is 19.8 Å². The van der Waals surface area contributed by atoms with E-state index in [0.717, 1.165) is 49.6 Å². The predicted octanol–water partition coefficient (Wildman–Crippen LogP) is 8.26. The van der Waals surface area contributed by atoms with Gasteiger partial charge in [-0.3, -0.25) is 4.57 Å². The molecule has 0 aromatic rings. The number of aliphatic hydroxyl groups is 1. The first-order valence-electron chi connectivity index (χ1n) is 17.3. The van der Waals surface area contributed by atoms with Crippen LogP contribution in [-0.4, -0.2) is 48.1 Å². The lowest BCUT2D eigenvalue weighted by molar-refractivity contribution is -0.0550. The van der Waals surface area contributed by atoms with Gasteiger partial charge in [0.05, 0.1) is 12.7 Å². The second kappa shape index (κ2) is 14.5. The average Bonchev–Trinajstić information content (AvgIpc) is 3.30. The third-order valence-electron chi connectivity index (χ3n) is 12.3. The molecule has 0 aliphatic heterocycles. The summed E-state index contributed by atoms with van der Waals surface area (Å²) in [4.78, 5) is 21.7. The molecule has 4 aliphatic rings. The van der Waals surface area contributed by atoms with Crippen LogP contribution in [0.5, 0.6) is 0 Å². The predicted molar refractivity (Wildman–Crippen MR) is 173 cm³/mol. The van der Waals surface area contributed by atoms with Crippen LogP contribution in [0.2, 0.25) is 0 Å². The largest absolute Gasteiger partial charge is 0.446 e. The quantitative estimate of drug-likeness (QED) is 0.141. The summed E-state index contributed by atoms with van der Waals surface area (Å²) in [6.07, 6.45) is 18.7. The number of ether oxygens (including phenoxy) is 1. The normalized spacial score (nSPS) is 36.7. The Balaban J connectivity index is 1.29. The zero-order valence-corrected chi connectivity index (χ0v) is 28.6. The second-order valence-corrected chi connectivity index (χ2v) is 16.7. The summed E-state index contributed by atoms with van der Waals surface area (Å²) in [5.41, 5.74) is 2.16. The van der Waals surface area contributed by atoms with E-state index in [-0.39, 0.29) is 31.1 Å². The lowest BCUT2D eigenvalue weighted by Gasteiger charge is -2.58. The number of nitrogens with one attached hydrogen (secondary N) is 1. The molecule has 9 unspecified atom stereocenters. The third-order valence-corrected chi connectivity index (χ3v) is 13.0. The molecule has 8 heteroatoms. The fraction of sp³-hybridized carbons (Fsp3) is 0.857. The molecule has 3 saturated carbocycles. The molecule has 43 heavy (non-hydrogen) atoms. The molecular formula is C35H60NO6P. The number of hydrogen-bond acceptors (Lipinski definition) is 5. The Bertz CT molecular complexity index is 1050. The van der Waals surface area contributed by atoms with Crippen molar-refractivity contribution in [3.63, 3.8) is 0 Å². The summed E-state index contributed by atoms with van der Waals surface area (Å²) in [5, 5.41) is 12.8. The lowest BCUT2D eigenvalue weighted by Crippen LogP contribution is -2.51. The Morgan fingerprint density at radius 1 is 1.12 bits per heavy atom. The van der Waals surface area contributed by atoms with E-state index in [1.54, 1.807) is 0 Å². The Morgan fingerprint density at radius 2 is 1.86 bits per heavy atom. The first-order valence-corrected chi connectivity index (χ1v) is 19.3. The van der Waals surface area contributed by atoms with Crippen LogP contribution in [0.1, 0.15) is 112 Å². The minimum Gasteiger partial charge on any atom is -0.446 e. The summed E-state index contributed by atoms with van der Waals surface area (Å²) in [5.74, 6) is 4.46. The van der Waals surface area contributed by atoms with Gasteiger partial charge < -0.3 is 24.6 Å². The van der Waals surface area contributed by atoms with Gasteiger partial charge >= 0.3 is 13.7 Å². The average molecular weight is 622 g/mol. The van der Waals surface area contributed by atoms with Gasteiger partial charge in [0.15, 0.2) is 0 Å². The lowest BCUT2D eigenvalue weighted by atomic mass is 9.47. The monoisotopic (exact) mass is 621 g/mol. The van der Waals surface area contributed by atoms with Crippen molar-refractivity contribution in [2.24, 2.45) is 46.3 Å². The highest BCUT2D eigenvalue weighted by Crippen LogP contribution is 2.67. The number of allylic oxidation sites excluding steroid dienone is 3. The van der Waals surface area contributed by atoms with Crippen LogP contribution < -0.4 is 5.32 Å². The highest BCUT2D eigenvalue weighted by Gasteiger charge is 2.59. The van der Waals surface area contributed by atoms with Gasteiger partial charge in [-0.15, -0.1) is 0 Å². The molecule has 0 radical (unpaired) electrons. The van der Waals surface area contributed by atoms with Gasteiger partial charge in [-0.2, -0.15) is 0 Å². The van der Waals surface area contributed by atoms with Crippen molar-refractivity contribution in [1.29, 1.82) is 0 Å². The van der Waals surface area contributed by atoms with Gasteiger partial charge in [-0.25, -0.2) is 4.79 Å². The number of carbonyl (C=O) groups is 1. The minimum absolute atomic E-state index is 0.00318. The maximum atomic E-state index is 12.5. The van der Waals surface area contributed by atoms with Gasteiger partial charge in [0.2, 0.25) is 0 Å². The first-order chi connectivity index (χ1) is 20.3. The Morgan fingerprint density at radius 3 is 2.56 bits per heavy atom. The SMILES string of the molecule is CCC(/C=C/C(C)C1CCC2C3CC=C4C[C@H](OC(=O)NCCC(O)CCOP(C)(=O)O)CCC4(C)C3CCC12C)CC. The van der Waals surface area contributed by atoms with Gasteiger partial charge in [0.1, 0.15) is 6.10 Å². The van der Waals surface area contributed by atoms with Crippen molar-refractivity contribution in [3.05, 3.63) is 23.8 Å². The third kappa shape index (κ3) is 8.18. The number of hydrogen-bond donors (Lipinski definition) is 3. The Hall–Kier alpha value is -1.14. The number of rotatable bonds is 13. The van der Waals surface area contributed by atoms with Crippen LogP contribution in [-0.2, 0) is 13.8 Å². The molecule has 3 fully saturated rings. The van der Waals surface area contributed by atoms with Crippen molar-refractivity contribution in [2.45, 2.75) is 124 Å². The topological polar surface area (TPSA) is 105 Å². The standard InChI is InChI=1S/C35H60NO6P/c1-7-25(8-2)10-9-24(3)30-13-14-31-29-12-11-26-23-28(15-19-34(26,4)32(29)16-20-35(30,31)5)42-33(38)36-21-17-27(37)18-22-41-43(6,39)40/h9-11,24-25,27-32,37H,7-8,12-23H2,1-6H3,(H,36,38)(H,39,40)/b10-9+/t24?,27?,28-,29?,30?,31?,32?,34?,35?/m1/s1. The first kappa shape index (κ1) is 34.7. The van der Waals surface area contributed by atoms with Crippen molar-refractivity contribution < 1.29 is 28.6 Å². The van der Waals surface area contributed by atoms with Crippen LogP contribution in [0.15, 0.2) is 23.8 Å². The molecular weight excluding hydrogens is 561 g/mol. The molecule has 4 rings (SSSR count). The molecule has 0 aromatic heterocycles. The van der Waals surface area contributed by atoms with E-state index in [0.29, 0.717) is 23.7 Å². The van der Waals surface area contributed by atoms with Gasteiger partial charge in [-0.1, -0.05) is 58.4 Å². The molecule has 0 heterocycles. The maximum absolute atomic E-state index is 12.5. The summed E-state index contributed by atoms with van der Waals surface area (Å²) in [6, 6.07) is 0. The number of aliphatic hydroxyl groups excluding tert-OH is 1. The van der Waals surface area contributed by atoms with E-state index in [9.17, 15) is 19.4 Å². The highest BCUT2D eigenvalue weighted by atomic mass is 31.2. The van der Waals surface area contributed by atoms with E-state index in [4.69, 9.17) is 9.26 Å². The van der Waals surface area contributed by atoms with E-state index in [1.165, 1.54) is 50.5 Å². The second-order valence-electron chi connectivity index (χ2n) is 14.9. The summed E-state index contributed by atoms with van der Waals surface area (Å²) in [7, 11) is -3.54. The van der Waals surface area contributed by atoms with Gasteiger partial charge in [0.25, 0.3) is 0 Å².